The number of hydrogen-bond donors (Lipinski definition) is 4. The highest BCUT2D eigenvalue weighted by Gasteiger charge is 2.23. The molecule has 0 unspecified atom stereocenters. The van der Waals surface area contributed by atoms with E-state index in [0.717, 1.165) is 49.0 Å². The van der Waals surface area contributed by atoms with Crippen molar-refractivity contribution < 1.29 is 29.0 Å². The number of para-hydroxylation sites is 1. The van der Waals surface area contributed by atoms with Crippen LogP contribution in [0.15, 0.2) is 78.9 Å². The molecule has 4 rings (SSSR count). The van der Waals surface area contributed by atoms with Crippen molar-refractivity contribution in [2.45, 2.75) is 64.0 Å². The second-order valence-electron chi connectivity index (χ2n) is 13.4. The van der Waals surface area contributed by atoms with Gasteiger partial charge in [-0.25, -0.2) is 4.79 Å². The number of ether oxygens (including phenoxy) is 1. The minimum Gasteiger partial charge on any atom is -0.508 e. The Morgan fingerprint density at radius 2 is 1.58 bits per heavy atom. The fourth-order valence-electron chi connectivity index (χ4n) is 6.30. The number of carbonyl (C=O) groups excluding carboxylic acids is 4. The summed E-state index contributed by atoms with van der Waals surface area (Å²) in [5.41, 5.74) is 8.86. The number of anilines is 1. The predicted octanol–water partition coefficient (Wildman–Crippen LogP) is 4.97. The smallest absolute Gasteiger partial charge is 0.411 e. The second-order valence-corrected chi connectivity index (χ2v) is 13.4. The molecule has 1 aliphatic rings. The van der Waals surface area contributed by atoms with E-state index in [1.54, 1.807) is 19.2 Å². The summed E-state index contributed by atoms with van der Waals surface area (Å²) in [6.45, 7) is 4.55. The Bertz CT molecular complexity index is 1560. The predicted molar refractivity (Wildman–Crippen MR) is 202 cm³/mol. The molecule has 0 atom stereocenters. The number of primary amides is 1. The maximum atomic E-state index is 13.1. The normalized spacial score (nSPS) is 13.4. The van der Waals surface area contributed by atoms with Crippen LogP contribution in [0.5, 0.6) is 5.75 Å². The molecule has 0 bridgehead atoms. The van der Waals surface area contributed by atoms with Crippen LogP contribution in [0.2, 0.25) is 0 Å². The van der Waals surface area contributed by atoms with Gasteiger partial charge < -0.3 is 30.7 Å². The van der Waals surface area contributed by atoms with Crippen LogP contribution in [-0.4, -0.2) is 103 Å². The van der Waals surface area contributed by atoms with Crippen molar-refractivity contribution in [1.82, 2.24) is 20.0 Å². The first-order valence-electron chi connectivity index (χ1n) is 18.3. The van der Waals surface area contributed by atoms with Crippen molar-refractivity contribution in [3.05, 3.63) is 84.4 Å². The number of hydrogen-bond acceptors (Lipinski definition) is 8. The Kier molecular flexibility index (Phi) is 16.4. The molecule has 4 amide bonds. The van der Waals surface area contributed by atoms with Crippen LogP contribution in [0.4, 0.5) is 10.5 Å². The second kappa shape index (κ2) is 21.4. The first-order valence-corrected chi connectivity index (χ1v) is 18.3. The molecular weight excluding hydrogens is 660 g/mol. The molecule has 280 valence electrons. The molecule has 3 aromatic carbocycles. The third-order valence-electron chi connectivity index (χ3n) is 9.16. The number of phenols is 1. The van der Waals surface area contributed by atoms with Gasteiger partial charge in [-0.2, -0.15) is 0 Å². The van der Waals surface area contributed by atoms with Crippen molar-refractivity contribution in [2.75, 3.05) is 58.2 Å². The van der Waals surface area contributed by atoms with E-state index in [2.05, 4.69) is 15.5 Å². The monoisotopic (exact) mass is 714 g/mol. The van der Waals surface area contributed by atoms with Gasteiger partial charge in [0.05, 0.1) is 12.2 Å². The summed E-state index contributed by atoms with van der Waals surface area (Å²) in [6.07, 6.45) is 4.67. The highest BCUT2D eigenvalue weighted by Crippen LogP contribution is 2.28. The SMILES string of the molecule is CN(CCCC(=O)N(CCCCCNC(=O)CCN1CCC(OC(=O)Nc2ccccc2-c2ccccc2)CC1)Cc1ccc(O)cc1)CC(N)=O. The number of amides is 4. The summed E-state index contributed by atoms with van der Waals surface area (Å²) in [5, 5.41) is 15.6. The maximum absolute atomic E-state index is 13.1. The van der Waals surface area contributed by atoms with Gasteiger partial charge in [-0.15, -0.1) is 0 Å². The number of benzene rings is 3. The summed E-state index contributed by atoms with van der Waals surface area (Å²) in [7, 11) is 1.80. The lowest BCUT2D eigenvalue weighted by Gasteiger charge is -2.31. The van der Waals surface area contributed by atoms with Gasteiger partial charge >= 0.3 is 6.09 Å². The molecule has 52 heavy (non-hydrogen) atoms. The Morgan fingerprint density at radius 3 is 2.31 bits per heavy atom. The van der Waals surface area contributed by atoms with Crippen LogP contribution in [-0.2, 0) is 25.7 Å². The van der Waals surface area contributed by atoms with Crippen LogP contribution >= 0.6 is 0 Å². The molecule has 3 aromatic rings. The van der Waals surface area contributed by atoms with Gasteiger partial charge in [-0.3, -0.25) is 24.6 Å². The third kappa shape index (κ3) is 14.4. The molecule has 0 radical (unpaired) electrons. The fourth-order valence-corrected chi connectivity index (χ4v) is 6.30. The number of piperidine rings is 1. The minimum absolute atomic E-state index is 0.0141. The first kappa shape index (κ1) is 39.8. The Morgan fingerprint density at radius 1 is 0.865 bits per heavy atom. The zero-order valence-electron chi connectivity index (χ0n) is 30.3. The number of nitrogens with zero attached hydrogens (tertiary/aromatic N) is 3. The topological polar surface area (TPSA) is 158 Å². The molecule has 0 spiro atoms. The molecule has 1 heterocycles. The van der Waals surface area contributed by atoms with Crippen LogP contribution in [0.1, 0.15) is 56.9 Å². The maximum Gasteiger partial charge on any atom is 0.411 e. The van der Waals surface area contributed by atoms with Crippen molar-refractivity contribution in [3.63, 3.8) is 0 Å². The van der Waals surface area contributed by atoms with Gasteiger partial charge in [0.25, 0.3) is 0 Å². The van der Waals surface area contributed by atoms with Crippen molar-refractivity contribution in [1.29, 1.82) is 0 Å². The van der Waals surface area contributed by atoms with Crippen LogP contribution in [0.25, 0.3) is 11.1 Å². The van der Waals surface area contributed by atoms with E-state index in [4.69, 9.17) is 10.5 Å². The highest BCUT2D eigenvalue weighted by atomic mass is 16.6. The van der Waals surface area contributed by atoms with Gasteiger partial charge in [0.2, 0.25) is 17.7 Å². The standard InChI is InChI=1S/C40H54N6O6/c1-44(30-37(41)48)24-10-15-39(50)46(29-31-16-18-33(47)19-17-31)25-9-3-8-23-42-38(49)22-28-45-26-20-34(21-27-45)52-40(51)43-36-14-7-6-13-35(36)32-11-4-2-5-12-32/h2,4-7,11-14,16-19,34,47H,3,8-10,15,20-30H2,1H3,(H2,41,48)(H,42,49)(H,43,51). The van der Waals surface area contributed by atoms with E-state index in [-0.39, 0.29) is 30.2 Å². The van der Waals surface area contributed by atoms with E-state index >= 15 is 0 Å². The zero-order chi connectivity index (χ0) is 37.1. The van der Waals surface area contributed by atoms with Gasteiger partial charge in [0.1, 0.15) is 11.9 Å². The average molecular weight is 715 g/mol. The van der Waals surface area contributed by atoms with E-state index in [1.165, 1.54) is 0 Å². The lowest BCUT2D eigenvalue weighted by atomic mass is 10.0. The molecule has 5 N–H and O–H groups in total. The van der Waals surface area contributed by atoms with Crippen LogP contribution in [0.3, 0.4) is 0 Å². The summed E-state index contributed by atoms with van der Waals surface area (Å²) in [6, 6.07) is 24.4. The minimum atomic E-state index is -0.459. The van der Waals surface area contributed by atoms with E-state index in [1.807, 2.05) is 76.5 Å². The highest BCUT2D eigenvalue weighted by molar-refractivity contribution is 5.91. The molecular formula is C40H54N6O6. The van der Waals surface area contributed by atoms with Crippen molar-refractivity contribution in [2.24, 2.45) is 5.73 Å². The Hall–Kier alpha value is -4.94. The molecule has 12 nitrogen and oxygen atoms in total. The Labute approximate surface area is 307 Å². The van der Waals surface area contributed by atoms with Crippen LogP contribution in [0, 0.1) is 0 Å². The average Bonchev–Trinajstić information content (AvgIpc) is 3.13. The lowest BCUT2D eigenvalue weighted by Crippen LogP contribution is -2.40. The lowest BCUT2D eigenvalue weighted by molar-refractivity contribution is -0.132. The fraction of sp³-hybridized carbons (Fsp3) is 0.450. The zero-order valence-corrected chi connectivity index (χ0v) is 30.3. The van der Waals surface area contributed by atoms with Gasteiger partial charge in [0, 0.05) is 57.7 Å². The number of nitrogens with two attached hydrogens (primary N) is 1. The molecule has 1 fully saturated rings. The largest absolute Gasteiger partial charge is 0.508 e. The number of unbranched alkanes of at least 4 members (excludes halogenated alkanes) is 2. The van der Waals surface area contributed by atoms with E-state index < -0.39 is 12.0 Å². The quantitative estimate of drug-likeness (QED) is 0.120. The van der Waals surface area contributed by atoms with Gasteiger partial charge in [-0.1, -0.05) is 60.7 Å². The third-order valence-corrected chi connectivity index (χ3v) is 9.16. The molecule has 1 aliphatic heterocycles. The van der Waals surface area contributed by atoms with E-state index in [9.17, 15) is 24.3 Å². The number of likely N-dealkylation sites (tertiary alicyclic amines) is 1. The number of carbonyl (C=O) groups is 4. The number of phenolic OH excluding ortho intramolecular Hbond substituents is 1. The van der Waals surface area contributed by atoms with Crippen molar-refractivity contribution >= 4 is 29.5 Å². The summed E-state index contributed by atoms with van der Waals surface area (Å²) in [5.74, 6) is -0.164. The summed E-state index contributed by atoms with van der Waals surface area (Å²) < 4.78 is 5.74. The molecule has 0 saturated carbocycles. The van der Waals surface area contributed by atoms with Crippen molar-refractivity contribution in [3.8, 4) is 16.9 Å². The number of aromatic hydroxyl groups is 1. The number of likely N-dealkylation sites (N-methyl/N-ethyl adjacent to an activating group) is 1. The molecule has 0 aromatic heterocycles. The summed E-state index contributed by atoms with van der Waals surface area (Å²) >= 11 is 0. The Balaban J connectivity index is 1.08. The molecule has 12 heteroatoms. The first-order chi connectivity index (χ1) is 25.2. The summed E-state index contributed by atoms with van der Waals surface area (Å²) in [4.78, 5) is 55.4. The number of nitrogens with one attached hydrogen (secondary N) is 2. The van der Waals surface area contributed by atoms with Gasteiger partial charge in [0.15, 0.2) is 0 Å². The molecule has 0 aliphatic carbocycles. The van der Waals surface area contributed by atoms with Crippen LogP contribution < -0.4 is 16.4 Å². The number of rotatable bonds is 20. The van der Waals surface area contributed by atoms with Gasteiger partial charge in [-0.05, 0) is 81.4 Å². The molecule has 1 saturated heterocycles. The van der Waals surface area contributed by atoms with E-state index in [0.29, 0.717) is 70.5 Å².